The maximum atomic E-state index is 14.3. The van der Waals surface area contributed by atoms with Crippen LogP contribution in [0.2, 0.25) is 5.02 Å². The number of aryl methyl sites for hydroxylation is 1. The summed E-state index contributed by atoms with van der Waals surface area (Å²) in [5.41, 5.74) is 1.17. The van der Waals surface area contributed by atoms with Crippen LogP contribution in [0.25, 0.3) is 11.3 Å². The van der Waals surface area contributed by atoms with Gasteiger partial charge in [-0.3, -0.25) is 4.79 Å². The van der Waals surface area contributed by atoms with Gasteiger partial charge in [0, 0.05) is 13.1 Å². The molecule has 0 saturated carbocycles. The Balaban J connectivity index is 1.68. The molecular formula is C22H23ClFN3O3. The van der Waals surface area contributed by atoms with Crippen molar-refractivity contribution in [3.8, 4) is 17.0 Å². The van der Waals surface area contributed by atoms with Crippen molar-refractivity contribution in [2.24, 2.45) is 0 Å². The van der Waals surface area contributed by atoms with E-state index in [0.29, 0.717) is 6.61 Å². The van der Waals surface area contributed by atoms with Crippen molar-refractivity contribution >= 4 is 17.5 Å². The molecule has 1 N–H and O–H groups in total. The second kappa shape index (κ2) is 9.73. The van der Waals surface area contributed by atoms with Gasteiger partial charge < -0.3 is 19.5 Å². The molecule has 0 bridgehead atoms. The Kier molecular flexibility index (Phi) is 7.07. The molecule has 3 rings (SSSR count). The molecule has 0 aliphatic rings. The zero-order valence-electron chi connectivity index (χ0n) is 17.0. The molecular weight excluding hydrogens is 409 g/mol. The molecule has 1 heterocycles. The molecule has 0 saturated heterocycles. The number of halogens is 2. The normalized spacial score (nSPS) is 11.0. The minimum absolute atomic E-state index is 0.0420. The molecule has 0 unspecified atom stereocenters. The Hall–Kier alpha value is -2.90. The Morgan fingerprint density at radius 3 is 2.63 bits per heavy atom. The number of ether oxygens (including phenoxy) is 1. The molecule has 1 aromatic heterocycles. The van der Waals surface area contributed by atoms with Crippen molar-refractivity contribution in [1.82, 2.24) is 15.4 Å². The van der Waals surface area contributed by atoms with Gasteiger partial charge in [-0.15, -0.1) is 0 Å². The Bertz CT molecular complexity index is 999. The van der Waals surface area contributed by atoms with Gasteiger partial charge in [-0.1, -0.05) is 35.0 Å². The van der Waals surface area contributed by atoms with Crippen LogP contribution in [0, 0.1) is 12.7 Å². The fourth-order valence-corrected chi connectivity index (χ4v) is 3.11. The second-order valence-electron chi connectivity index (χ2n) is 7.04. The van der Waals surface area contributed by atoms with Crippen LogP contribution in [0.5, 0.6) is 5.75 Å². The van der Waals surface area contributed by atoms with Crippen molar-refractivity contribution in [1.29, 1.82) is 0 Å². The van der Waals surface area contributed by atoms with Crippen LogP contribution in [-0.4, -0.2) is 43.2 Å². The molecule has 8 heteroatoms. The quantitative estimate of drug-likeness (QED) is 0.575. The van der Waals surface area contributed by atoms with E-state index in [0.717, 1.165) is 17.9 Å². The lowest BCUT2D eigenvalue weighted by Crippen LogP contribution is -2.23. The topological polar surface area (TPSA) is 67.6 Å². The minimum atomic E-state index is -0.574. The third kappa shape index (κ3) is 5.17. The smallest absolute Gasteiger partial charge is 0.257 e. The summed E-state index contributed by atoms with van der Waals surface area (Å²) in [6.07, 6.45) is 0. The number of carbonyl (C=O) groups excluding carboxylic acids is 1. The summed E-state index contributed by atoms with van der Waals surface area (Å²) in [6, 6.07) is 11.7. The number of nitrogens with zero attached hydrogens (tertiary/aromatic N) is 2. The number of nitrogens with one attached hydrogen (secondary N) is 1. The van der Waals surface area contributed by atoms with Gasteiger partial charge in [0.25, 0.3) is 5.91 Å². The van der Waals surface area contributed by atoms with Crippen molar-refractivity contribution in [3.63, 3.8) is 0 Å². The highest BCUT2D eigenvalue weighted by molar-refractivity contribution is 6.33. The lowest BCUT2D eigenvalue weighted by molar-refractivity contribution is 0.0950. The minimum Gasteiger partial charge on any atom is -0.492 e. The van der Waals surface area contributed by atoms with Gasteiger partial charge in [-0.2, -0.15) is 0 Å². The highest BCUT2D eigenvalue weighted by atomic mass is 35.5. The molecule has 2 aromatic carbocycles. The average Bonchev–Trinajstić information content (AvgIpc) is 3.08. The van der Waals surface area contributed by atoms with Gasteiger partial charge >= 0.3 is 0 Å². The predicted molar refractivity (Wildman–Crippen MR) is 113 cm³/mol. The van der Waals surface area contributed by atoms with E-state index in [2.05, 4.69) is 10.5 Å². The van der Waals surface area contributed by atoms with Gasteiger partial charge in [0.1, 0.15) is 35.2 Å². The molecule has 6 nitrogen and oxygen atoms in total. The van der Waals surface area contributed by atoms with Gasteiger partial charge in [0.05, 0.1) is 10.6 Å². The van der Waals surface area contributed by atoms with Crippen LogP contribution in [0.15, 0.2) is 47.0 Å². The first-order valence-electron chi connectivity index (χ1n) is 9.42. The summed E-state index contributed by atoms with van der Waals surface area (Å²) < 4.78 is 25.1. The van der Waals surface area contributed by atoms with Crippen LogP contribution in [0.4, 0.5) is 4.39 Å². The monoisotopic (exact) mass is 431 g/mol. The lowest BCUT2D eigenvalue weighted by Gasteiger charge is -2.11. The maximum absolute atomic E-state index is 14.3. The zero-order valence-corrected chi connectivity index (χ0v) is 17.8. The highest BCUT2D eigenvalue weighted by Gasteiger charge is 2.25. The summed E-state index contributed by atoms with van der Waals surface area (Å²) in [6.45, 7) is 3.30. The number of benzene rings is 2. The molecule has 30 heavy (non-hydrogen) atoms. The lowest BCUT2D eigenvalue weighted by atomic mass is 10.0. The predicted octanol–water partition coefficient (Wildman–Crippen LogP) is 4.31. The molecule has 0 radical (unpaired) electrons. The molecule has 0 aliphatic carbocycles. The molecule has 3 aromatic rings. The van der Waals surface area contributed by atoms with Crippen LogP contribution in [-0.2, 0) is 6.54 Å². The fourth-order valence-electron chi connectivity index (χ4n) is 2.85. The van der Waals surface area contributed by atoms with E-state index in [1.54, 1.807) is 6.92 Å². The molecule has 0 fully saturated rings. The third-order valence-corrected chi connectivity index (χ3v) is 4.79. The van der Waals surface area contributed by atoms with Crippen molar-refractivity contribution < 1.29 is 18.4 Å². The van der Waals surface area contributed by atoms with Gasteiger partial charge in [-0.05, 0) is 50.8 Å². The zero-order chi connectivity index (χ0) is 21.7. The summed E-state index contributed by atoms with van der Waals surface area (Å²) in [5, 5.41) is 6.83. The van der Waals surface area contributed by atoms with E-state index in [-0.39, 0.29) is 34.1 Å². The van der Waals surface area contributed by atoms with E-state index < -0.39 is 11.7 Å². The molecule has 158 valence electrons. The number of aromatic nitrogens is 1. The highest BCUT2D eigenvalue weighted by Crippen LogP contribution is 2.33. The maximum Gasteiger partial charge on any atom is 0.257 e. The number of hydrogen-bond donors (Lipinski definition) is 1. The summed E-state index contributed by atoms with van der Waals surface area (Å²) in [7, 11) is 3.97. The second-order valence-corrected chi connectivity index (χ2v) is 7.44. The first-order chi connectivity index (χ1) is 14.4. The van der Waals surface area contributed by atoms with Crippen LogP contribution in [0.3, 0.4) is 0 Å². The standard InChI is InChI=1S/C22H23ClFN3O3/c1-14-19(21(26-30-14)20-17(23)5-4-6-18(20)24)22(28)25-13-15-7-9-16(10-8-15)29-12-11-27(2)3/h4-10H,11-13H2,1-3H3,(H,25,28). The number of likely N-dealkylation sites (N-methyl/N-ethyl adjacent to an activating group) is 1. The number of amides is 1. The van der Waals surface area contributed by atoms with Crippen molar-refractivity contribution in [2.75, 3.05) is 27.2 Å². The Morgan fingerprint density at radius 1 is 1.23 bits per heavy atom. The van der Waals surface area contributed by atoms with Gasteiger partial charge in [0.15, 0.2) is 0 Å². The number of carbonyl (C=O) groups is 1. The fraction of sp³-hybridized carbons (Fsp3) is 0.273. The Morgan fingerprint density at radius 2 is 1.97 bits per heavy atom. The Labute approximate surface area is 179 Å². The van der Waals surface area contributed by atoms with E-state index in [1.165, 1.54) is 18.2 Å². The van der Waals surface area contributed by atoms with E-state index in [4.69, 9.17) is 20.9 Å². The SMILES string of the molecule is Cc1onc(-c2c(F)cccc2Cl)c1C(=O)NCc1ccc(OCCN(C)C)cc1. The summed E-state index contributed by atoms with van der Waals surface area (Å²) in [4.78, 5) is 14.8. The largest absolute Gasteiger partial charge is 0.492 e. The third-order valence-electron chi connectivity index (χ3n) is 4.47. The number of rotatable bonds is 8. The van der Waals surface area contributed by atoms with Crippen molar-refractivity contribution in [2.45, 2.75) is 13.5 Å². The van der Waals surface area contributed by atoms with E-state index >= 15 is 0 Å². The number of hydrogen-bond acceptors (Lipinski definition) is 5. The summed E-state index contributed by atoms with van der Waals surface area (Å²) >= 11 is 6.12. The van der Waals surface area contributed by atoms with Gasteiger partial charge in [0.2, 0.25) is 0 Å². The van der Waals surface area contributed by atoms with Crippen LogP contribution >= 0.6 is 11.6 Å². The van der Waals surface area contributed by atoms with Gasteiger partial charge in [-0.25, -0.2) is 4.39 Å². The van der Waals surface area contributed by atoms with Crippen molar-refractivity contribution in [3.05, 3.63) is 70.2 Å². The first-order valence-corrected chi connectivity index (χ1v) is 9.80. The van der Waals surface area contributed by atoms with E-state index in [1.807, 2.05) is 43.3 Å². The van der Waals surface area contributed by atoms with Crippen LogP contribution in [0.1, 0.15) is 21.7 Å². The average molecular weight is 432 g/mol. The van der Waals surface area contributed by atoms with Crippen LogP contribution < -0.4 is 10.1 Å². The molecule has 0 spiro atoms. The van der Waals surface area contributed by atoms with E-state index in [9.17, 15) is 9.18 Å². The summed E-state index contributed by atoms with van der Waals surface area (Å²) in [5.74, 6) is 0.0498. The molecule has 0 aliphatic heterocycles. The first kappa shape index (κ1) is 21.8. The molecule has 1 amide bonds. The molecule has 0 atom stereocenters.